The van der Waals surface area contributed by atoms with Gasteiger partial charge in [0.15, 0.2) is 0 Å². The molecule has 0 radical (unpaired) electrons. The molecule has 5 aliphatic carbocycles. The van der Waals surface area contributed by atoms with Gasteiger partial charge in [-0.1, -0.05) is 34.6 Å². The van der Waals surface area contributed by atoms with Gasteiger partial charge in [-0.2, -0.15) is 0 Å². The van der Waals surface area contributed by atoms with E-state index in [4.69, 9.17) is 14.2 Å². The molecule has 0 aromatic rings. The highest BCUT2D eigenvalue weighted by atomic mass is 16.6. The Bertz CT molecular complexity index is 1120. The van der Waals surface area contributed by atoms with E-state index in [9.17, 15) is 15.0 Å². The molecule has 7 fully saturated rings. The van der Waals surface area contributed by atoms with Gasteiger partial charge < -0.3 is 29.3 Å². The van der Waals surface area contributed by atoms with E-state index < -0.39 is 17.8 Å². The number of hydrogen-bond acceptors (Lipinski definition) is 6. The van der Waals surface area contributed by atoms with Gasteiger partial charge in [-0.15, -0.1) is 0 Å². The first-order valence-electron chi connectivity index (χ1n) is 17.1. The summed E-state index contributed by atoms with van der Waals surface area (Å²) in [5, 5.41) is 23.3. The van der Waals surface area contributed by atoms with Crippen LogP contribution in [-0.4, -0.2) is 77.5 Å². The Balaban J connectivity index is 1.17. The highest BCUT2D eigenvalue weighted by Crippen LogP contribution is 2.89. The van der Waals surface area contributed by atoms with E-state index in [-0.39, 0.29) is 46.1 Å². The maximum atomic E-state index is 12.8. The molecular formula is C35H57NO6. The van der Waals surface area contributed by atoms with Crippen molar-refractivity contribution < 1.29 is 29.2 Å². The first-order chi connectivity index (χ1) is 19.6. The van der Waals surface area contributed by atoms with Crippen LogP contribution in [0.15, 0.2) is 0 Å². The summed E-state index contributed by atoms with van der Waals surface area (Å²) in [5.74, 6) is 1.69. The standard InChI is InChI=1S/C35H57NO6/c1-20-18-21(28(40-8)31(4,5)39)41-26-25(20)32(6)14-15-35-19-34(35)13-12-24(42-29(38)36-16-9-17-36)30(2,3)22(34)10-11-23(35)33(32,7)27(26)37/h20-28,37,39H,9-19H2,1-8H3/t20-,21?,22+,23?,24?,25+,26?,27+,28+,32-,33-,34-,35+/m1/s1. The normalized spacial score (nSPS) is 53.0. The Hall–Kier alpha value is -0.890. The number of likely N-dealkylation sites (tertiary alicyclic amines) is 1. The second kappa shape index (κ2) is 9.10. The fourth-order valence-electron chi connectivity index (χ4n) is 13.3. The topological polar surface area (TPSA) is 88.5 Å². The van der Waals surface area contributed by atoms with E-state index in [1.165, 1.54) is 12.8 Å². The summed E-state index contributed by atoms with van der Waals surface area (Å²) in [6.45, 7) is 17.3. The third kappa shape index (κ3) is 3.52. The van der Waals surface area contributed by atoms with E-state index in [0.717, 1.165) is 58.0 Å². The van der Waals surface area contributed by atoms with E-state index in [2.05, 4.69) is 34.6 Å². The zero-order valence-electron chi connectivity index (χ0n) is 27.4. The largest absolute Gasteiger partial charge is 0.446 e. The van der Waals surface area contributed by atoms with Crippen molar-refractivity contribution in [2.45, 2.75) is 142 Å². The molecule has 0 aromatic heterocycles. The minimum atomic E-state index is -1.02. The maximum absolute atomic E-state index is 12.8. The number of rotatable bonds is 4. The van der Waals surface area contributed by atoms with Gasteiger partial charge in [0.05, 0.1) is 23.9 Å². The number of hydrogen-bond donors (Lipinski definition) is 2. The van der Waals surface area contributed by atoms with Crippen molar-refractivity contribution in [3.63, 3.8) is 0 Å². The van der Waals surface area contributed by atoms with Crippen LogP contribution in [0.3, 0.4) is 0 Å². The number of methoxy groups -OCH3 is 1. The number of nitrogens with zero attached hydrogens (tertiary/aromatic N) is 1. The van der Waals surface area contributed by atoms with E-state index in [1.54, 1.807) is 21.0 Å². The number of carbonyl (C=O) groups is 1. The molecule has 2 saturated heterocycles. The number of ether oxygens (including phenoxy) is 3. The molecule has 42 heavy (non-hydrogen) atoms. The van der Waals surface area contributed by atoms with E-state index in [1.807, 2.05) is 4.90 Å². The number of carbonyl (C=O) groups excluding carboxylic acids is 1. The first-order valence-corrected chi connectivity index (χ1v) is 17.1. The number of aliphatic hydroxyl groups is 2. The van der Waals surface area contributed by atoms with Crippen LogP contribution in [0.2, 0.25) is 0 Å². The van der Waals surface area contributed by atoms with Gasteiger partial charge in [-0.05, 0) is 112 Å². The summed E-state index contributed by atoms with van der Waals surface area (Å²) in [5.41, 5.74) is -0.713. The van der Waals surface area contributed by atoms with Gasteiger partial charge in [-0.25, -0.2) is 4.79 Å². The van der Waals surface area contributed by atoms with Crippen molar-refractivity contribution in [1.82, 2.24) is 4.90 Å². The Morgan fingerprint density at radius 1 is 1.02 bits per heavy atom. The number of fused-ring (bicyclic) bond motifs is 4. The van der Waals surface area contributed by atoms with Crippen molar-refractivity contribution in [1.29, 1.82) is 0 Å². The average Bonchev–Trinajstić information content (AvgIpc) is 3.49. The third-order valence-electron chi connectivity index (χ3n) is 15.4. The van der Waals surface area contributed by atoms with Gasteiger partial charge >= 0.3 is 6.09 Å². The van der Waals surface area contributed by atoms with Gasteiger partial charge in [-0.3, -0.25) is 0 Å². The summed E-state index contributed by atoms with van der Waals surface area (Å²) in [4.78, 5) is 14.7. The predicted octanol–water partition coefficient (Wildman–Crippen LogP) is 5.80. The Labute approximate surface area is 253 Å². The summed E-state index contributed by atoms with van der Waals surface area (Å²) in [6.07, 6.45) is 8.38. The smallest absolute Gasteiger partial charge is 0.410 e. The number of aliphatic hydroxyl groups excluding tert-OH is 1. The molecule has 2 heterocycles. The molecule has 2 N–H and O–H groups in total. The summed E-state index contributed by atoms with van der Waals surface area (Å²) in [6, 6.07) is 0. The molecule has 7 heteroatoms. The van der Waals surface area contributed by atoms with Crippen LogP contribution in [0.4, 0.5) is 4.79 Å². The summed E-state index contributed by atoms with van der Waals surface area (Å²) in [7, 11) is 1.66. The van der Waals surface area contributed by atoms with Crippen molar-refractivity contribution in [2.75, 3.05) is 20.2 Å². The Morgan fingerprint density at radius 3 is 2.31 bits per heavy atom. The molecule has 0 aromatic carbocycles. The molecule has 7 nitrogen and oxygen atoms in total. The highest BCUT2D eigenvalue weighted by molar-refractivity contribution is 5.68. The van der Waals surface area contributed by atoms with Crippen molar-refractivity contribution >= 4 is 6.09 Å². The van der Waals surface area contributed by atoms with Crippen molar-refractivity contribution in [3.8, 4) is 0 Å². The van der Waals surface area contributed by atoms with Crippen LogP contribution in [-0.2, 0) is 14.2 Å². The van der Waals surface area contributed by atoms with Crippen LogP contribution in [0, 0.1) is 50.7 Å². The summed E-state index contributed by atoms with van der Waals surface area (Å²) < 4.78 is 18.9. The molecule has 1 amide bonds. The van der Waals surface area contributed by atoms with Crippen LogP contribution in [0.1, 0.15) is 106 Å². The van der Waals surface area contributed by atoms with Gasteiger partial charge in [0.2, 0.25) is 0 Å². The lowest BCUT2D eigenvalue weighted by molar-refractivity contribution is -0.209. The summed E-state index contributed by atoms with van der Waals surface area (Å²) >= 11 is 0. The molecule has 7 aliphatic rings. The van der Waals surface area contributed by atoms with E-state index in [0.29, 0.717) is 29.1 Å². The minimum absolute atomic E-state index is 0.00474. The van der Waals surface area contributed by atoms with Crippen molar-refractivity contribution in [2.24, 2.45) is 50.7 Å². The van der Waals surface area contributed by atoms with Crippen molar-refractivity contribution in [3.05, 3.63) is 0 Å². The first kappa shape index (κ1) is 29.8. The van der Waals surface area contributed by atoms with E-state index >= 15 is 0 Å². The Kier molecular flexibility index (Phi) is 6.46. The molecular weight excluding hydrogens is 530 g/mol. The second-order valence-corrected chi connectivity index (χ2v) is 17.6. The quantitative estimate of drug-likeness (QED) is 0.433. The minimum Gasteiger partial charge on any atom is -0.446 e. The lowest BCUT2D eigenvalue weighted by Gasteiger charge is -2.63. The van der Waals surface area contributed by atoms with Gasteiger partial charge in [0.1, 0.15) is 12.2 Å². The molecule has 5 saturated carbocycles. The predicted molar refractivity (Wildman–Crippen MR) is 160 cm³/mol. The Morgan fingerprint density at radius 2 is 1.69 bits per heavy atom. The average molecular weight is 588 g/mol. The lowest BCUT2D eigenvalue weighted by atomic mass is 9.41. The molecule has 0 bridgehead atoms. The molecule has 238 valence electrons. The van der Waals surface area contributed by atoms with Gasteiger partial charge in [0, 0.05) is 31.0 Å². The van der Waals surface area contributed by atoms with Crippen LogP contribution >= 0.6 is 0 Å². The zero-order chi connectivity index (χ0) is 30.3. The SMILES string of the molecule is CO[C@@H](C1C[C@@H](C)[C@H]2C(O1)[C@H](O)[C@@]1(C)C3CC[C@H]4C(C)(C)C(OC(=O)N5CCC5)CC[C@@]45C[C@@]35CC[C@]21C)C(C)(C)O. The third-order valence-corrected chi connectivity index (χ3v) is 15.4. The molecule has 4 unspecified atom stereocenters. The molecule has 13 atom stereocenters. The molecule has 2 spiro atoms. The second-order valence-electron chi connectivity index (χ2n) is 17.6. The fourth-order valence-corrected chi connectivity index (χ4v) is 13.3. The zero-order valence-corrected chi connectivity index (χ0v) is 27.4. The molecule has 2 aliphatic heterocycles. The monoisotopic (exact) mass is 587 g/mol. The molecule has 7 rings (SSSR count). The fraction of sp³-hybridized carbons (Fsp3) is 0.971. The van der Waals surface area contributed by atoms with Crippen LogP contribution < -0.4 is 0 Å². The number of amides is 1. The highest BCUT2D eigenvalue weighted by Gasteiger charge is 2.84. The van der Waals surface area contributed by atoms with Crippen LogP contribution in [0.5, 0.6) is 0 Å². The van der Waals surface area contributed by atoms with Gasteiger partial charge in [0.25, 0.3) is 0 Å². The van der Waals surface area contributed by atoms with Crippen LogP contribution in [0.25, 0.3) is 0 Å². The lowest BCUT2D eigenvalue weighted by Crippen LogP contribution is -2.60. The maximum Gasteiger partial charge on any atom is 0.410 e.